The van der Waals surface area contributed by atoms with Crippen LogP contribution in [-0.4, -0.2) is 29.1 Å². The van der Waals surface area contributed by atoms with E-state index in [1.54, 1.807) is 23.1 Å². The van der Waals surface area contributed by atoms with Gasteiger partial charge in [-0.2, -0.15) is 5.10 Å². The van der Waals surface area contributed by atoms with E-state index in [2.05, 4.69) is 20.1 Å². The second-order valence-corrected chi connectivity index (χ2v) is 8.82. The third-order valence-electron chi connectivity index (χ3n) is 4.87. The van der Waals surface area contributed by atoms with E-state index in [4.69, 9.17) is 4.42 Å². The number of amides is 1. The third-order valence-corrected chi connectivity index (χ3v) is 6.28. The SMILES string of the molecule is CC(NC(=O)c1ccc(S(=O)(=O)NCc2ccco2)cc1)c1ccc(-n2cncn2)cc1. The highest BCUT2D eigenvalue weighted by molar-refractivity contribution is 7.89. The zero-order valence-electron chi connectivity index (χ0n) is 17.2. The summed E-state index contributed by atoms with van der Waals surface area (Å²) in [5.74, 6) is 0.207. The van der Waals surface area contributed by atoms with Crippen molar-refractivity contribution in [3.8, 4) is 5.69 Å². The van der Waals surface area contributed by atoms with Gasteiger partial charge >= 0.3 is 0 Å². The second kappa shape index (κ2) is 9.16. The van der Waals surface area contributed by atoms with E-state index in [1.807, 2.05) is 31.2 Å². The molecule has 1 amide bonds. The van der Waals surface area contributed by atoms with E-state index >= 15 is 0 Å². The summed E-state index contributed by atoms with van der Waals surface area (Å²) >= 11 is 0. The molecule has 164 valence electrons. The molecule has 4 aromatic rings. The van der Waals surface area contributed by atoms with Crippen LogP contribution in [0.25, 0.3) is 5.69 Å². The van der Waals surface area contributed by atoms with Crippen molar-refractivity contribution >= 4 is 15.9 Å². The summed E-state index contributed by atoms with van der Waals surface area (Å²) in [4.78, 5) is 16.6. The van der Waals surface area contributed by atoms with Crippen LogP contribution in [0.2, 0.25) is 0 Å². The molecule has 2 N–H and O–H groups in total. The maximum Gasteiger partial charge on any atom is 0.251 e. The molecule has 0 radical (unpaired) electrons. The summed E-state index contributed by atoms with van der Waals surface area (Å²) in [6.07, 6.45) is 4.54. The molecular weight excluding hydrogens is 430 g/mol. The monoisotopic (exact) mass is 451 g/mol. The molecule has 32 heavy (non-hydrogen) atoms. The second-order valence-electron chi connectivity index (χ2n) is 7.06. The number of carbonyl (C=O) groups excluding carboxylic acids is 1. The molecule has 0 aliphatic carbocycles. The highest BCUT2D eigenvalue weighted by atomic mass is 32.2. The van der Waals surface area contributed by atoms with Gasteiger partial charge in [0.05, 0.1) is 29.4 Å². The Balaban J connectivity index is 1.38. The number of carbonyl (C=O) groups is 1. The Morgan fingerprint density at radius 2 is 1.84 bits per heavy atom. The van der Waals surface area contributed by atoms with Crippen LogP contribution in [0.1, 0.15) is 34.6 Å². The lowest BCUT2D eigenvalue weighted by Crippen LogP contribution is -2.27. The smallest absolute Gasteiger partial charge is 0.251 e. The van der Waals surface area contributed by atoms with Crippen LogP contribution in [0.15, 0.2) is 88.9 Å². The van der Waals surface area contributed by atoms with Gasteiger partial charge in [0.15, 0.2) is 0 Å². The van der Waals surface area contributed by atoms with Crippen molar-refractivity contribution in [1.29, 1.82) is 0 Å². The number of rotatable bonds is 8. The highest BCUT2D eigenvalue weighted by Gasteiger charge is 2.16. The van der Waals surface area contributed by atoms with Crippen LogP contribution in [0.3, 0.4) is 0 Å². The molecular formula is C22H21N5O4S. The maximum atomic E-state index is 12.6. The third kappa shape index (κ3) is 4.93. The molecule has 1 atom stereocenters. The molecule has 1 unspecified atom stereocenters. The van der Waals surface area contributed by atoms with Gasteiger partial charge in [-0.25, -0.2) is 22.8 Å². The van der Waals surface area contributed by atoms with Crippen LogP contribution in [-0.2, 0) is 16.6 Å². The van der Waals surface area contributed by atoms with E-state index in [0.29, 0.717) is 11.3 Å². The Hall–Kier alpha value is -3.76. The average molecular weight is 452 g/mol. The van der Waals surface area contributed by atoms with Crippen LogP contribution < -0.4 is 10.0 Å². The van der Waals surface area contributed by atoms with Crippen LogP contribution in [0.5, 0.6) is 0 Å². The highest BCUT2D eigenvalue weighted by Crippen LogP contribution is 2.17. The van der Waals surface area contributed by atoms with E-state index in [-0.39, 0.29) is 23.4 Å². The van der Waals surface area contributed by atoms with Crippen LogP contribution in [0.4, 0.5) is 0 Å². The summed E-state index contributed by atoms with van der Waals surface area (Å²) in [6, 6.07) is 16.5. The van der Waals surface area contributed by atoms with E-state index in [0.717, 1.165) is 11.3 Å². The zero-order chi connectivity index (χ0) is 22.6. The van der Waals surface area contributed by atoms with Crippen molar-refractivity contribution in [3.05, 3.63) is 96.5 Å². The molecule has 2 aromatic heterocycles. The first-order chi connectivity index (χ1) is 15.4. The summed E-state index contributed by atoms with van der Waals surface area (Å²) in [5, 5.41) is 7.00. The predicted molar refractivity (Wildman–Crippen MR) is 116 cm³/mol. The number of hydrogen-bond donors (Lipinski definition) is 2. The minimum absolute atomic E-state index is 0.0464. The Morgan fingerprint density at radius 3 is 2.47 bits per heavy atom. The van der Waals surface area contributed by atoms with Gasteiger partial charge in [0, 0.05) is 5.56 Å². The van der Waals surface area contributed by atoms with E-state index in [9.17, 15) is 13.2 Å². The number of sulfonamides is 1. The standard InChI is InChI=1S/C22H21N5O4S/c1-16(17-4-8-19(9-5-17)27-15-23-14-24-27)26-22(28)18-6-10-21(11-7-18)32(29,30)25-13-20-3-2-12-31-20/h2-12,14-16,25H,13H2,1H3,(H,26,28). The molecule has 0 fully saturated rings. The Labute approximate surface area is 185 Å². The number of benzene rings is 2. The zero-order valence-corrected chi connectivity index (χ0v) is 18.0. The fourth-order valence-electron chi connectivity index (χ4n) is 3.07. The van der Waals surface area contributed by atoms with Gasteiger partial charge in [0.1, 0.15) is 18.4 Å². The van der Waals surface area contributed by atoms with Crippen LogP contribution >= 0.6 is 0 Å². The molecule has 9 nitrogen and oxygen atoms in total. The average Bonchev–Trinajstić information content (AvgIpc) is 3.52. The summed E-state index contributed by atoms with van der Waals surface area (Å²) in [7, 11) is -3.72. The van der Waals surface area contributed by atoms with Gasteiger partial charge in [0.2, 0.25) is 10.0 Å². The minimum atomic E-state index is -3.72. The molecule has 2 heterocycles. The Bertz CT molecular complexity index is 1270. The number of nitrogens with one attached hydrogen (secondary N) is 2. The normalized spacial score (nSPS) is 12.4. The van der Waals surface area contributed by atoms with Gasteiger partial charge in [-0.05, 0) is 61.0 Å². The molecule has 0 saturated carbocycles. The molecule has 0 saturated heterocycles. The molecule has 0 spiro atoms. The fourth-order valence-corrected chi connectivity index (χ4v) is 4.06. The molecule has 0 aliphatic rings. The molecule has 0 bridgehead atoms. The Morgan fingerprint density at radius 1 is 1.09 bits per heavy atom. The van der Waals surface area contributed by atoms with Gasteiger partial charge in [-0.3, -0.25) is 4.79 Å². The summed E-state index contributed by atoms with van der Waals surface area (Å²) in [6.45, 7) is 1.92. The summed E-state index contributed by atoms with van der Waals surface area (Å²) < 4.78 is 34.1. The summed E-state index contributed by atoms with van der Waals surface area (Å²) in [5.41, 5.74) is 2.15. The van der Waals surface area contributed by atoms with Crippen molar-refractivity contribution < 1.29 is 17.6 Å². The van der Waals surface area contributed by atoms with Crippen molar-refractivity contribution in [2.24, 2.45) is 0 Å². The largest absolute Gasteiger partial charge is 0.468 e. The number of hydrogen-bond acceptors (Lipinski definition) is 6. The van der Waals surface area contributed by atoms with Gasteiger partial charge in [-0.15, -0.1) is 0 Å². The first kappa shape index (κ1) is 21.5. The first-order valence-corrected chi connectivity index (χ1v) is 11.3. The Kier molecular flexibility index (Phi) is 6.15. The van der Waals surface area contributed by atoms with Crippen molar-refractivity contribution in [2.75, 3.05) is 0 Å². The van der Waals surface area contributed by atoms with Crippen LogP contribution in [0, 0.1) is 0 Å². The predicted octanol–water partition coefficient (Wildman–Crippen LogP) is 2.83. The quantitative estimate of drug-likeness (QED) is 0.425. The number of aromatic nitrogens is 3. The molecule has 0 aliphatic heterocycles. The number of nitrogens with zero attached hydrogens (tertiary/aromatic N) is 3. The first-order valence-electron chi connectivity index (χ1n) is 9.80. The molecule has 4 rings (SSSR count). The van der Waals surface area contributed by atoms with Gasteiger partial charge in [-0.1, -0.05) is 12.1 Å². The van der Waals surface area contributed by atoms with Gasteiger partial charge < -0.3 is 9.73 Å². The minimum Gasteiger partial charge on any atom is -0.468 e. The maximum absolute atomic E-state index is 12.6. The number of furan rings is 1. The van der Waals surface area contributed by atoms with Crippen molar-refractivity contribution in [2.45, 2.75) is 24.4 Å². The van der Waals surface area contributed by atoms with E-state index < -0.39 is 10.0 Å². The lowest BCUT2D eigenvalue weighted by molar-refractivity contribution is 0.0940. The van der Waals surface area contributed by atoms with Gasteiger partial charge in [0.25, 0.3) is 5.91 Å². The lowest BCUT2D eigenvalue weighted by atomic mass is 10.1. The lowest BCUT2D eigenvalue weighted by Gasteiger charge is -2.15. The van der Waals surface area contributed by atoms with Crippen molar-refractivity contribution in [1.82, 2.24) is 24.8 Å². The van der Waals surface area contributed by atoms with Crippen molar-refractivity contribution in [3.63, 3.8) is 0 Å². The molecule has 2 aromatic carbocycles. The molecule has 10 heteroatoms. The fraction of sp³-hybridized carbons (Fsp3) is 0.136. The topological polar surface area (TPSA) is 119 Å². The van der Waals surface area contributed by atoms with E-state index in [1.165, 1.54) is 36.9 Å².